The fourth-order valence-corrected chi connectivity index (χ4v) is 5.21. The Morgan fingerprint density at radius 1 is 1.19 bits per heavy atom. The standard InChI is InChI=1S/C20H17NO3S2/c1-2-24-20(23)13-5-3-4-6-15(13)21-19(22)17-11-12-7-8-16-14(9-10-25-16)18(12)26-17/h3-6,9-11H,2,7-8H2,1H3,(H,21,22). The summed E-state index contributed by atoms with van der Waals surface area (Å²) < 4.78 is 5.07. The molecule has 3 aromatic rings. The van der Waals surface area contributed by atoms with Crippen molar-refractivity contribution in [3.05, 3.63) is 62.7 Å². The van der Waals surface area contributed by atoms with Crippen molar-refractivity contribution in [3.8, 4) is 10.4 Å². The Kier molecular flexibility index (Phi) is 4.61. The van der Waals surface area contributed by atoms with Crippen LogP contribution in [-0.2, 0) is 17.6 Å². The molecule has 1 aromatic carbocycles. The summed E-state index contributed by atoms with van der Waals surface area (Å²) in [6.45, 7) is 2.05. The second-order valence-electron chi connectivity index (χ2n) is 5.94. The highest BCUT2D eigenvalue weighted by atomic mass is 32.1. The number of rotatable bonds is 4. The number of thiophene rings is 2. The Labute approximate surface area is 159 Å². The predicted molar refractivity (Wildman–Crippen MR) is 105 cm³/mol. The second-order valence-corrected chi connectivity index (χ2v) is 8.00. The van der Waals surface area contributed by atoms with Crippen molar-refractivity contribution in [2.45, 2.75) is 19.8 Å². The van der Waals surface area contributed by atoms with Crippen LogP contribution in [0.2, 0.25) is 0 Å². The molecule has 0 spiro atoms. The van der Waals surface area contributed by atoms with Crippen molar-refractivity contribution in [1.29, 1.82) is 0 Å². The maximum atomic E-state index is 12.8. The van der Waals surface area contributed by atoms with E-state index in [2.05, 4.69) is 16.8 Å². The van der Waals surface area contributed by atoms with Crippen LogP contribution in [0.5, 0.6) is 0 Å². The molecule has 2 heterocycles. The zero-order valence-corrected chi connectivity index (χ0v) is 15.8. The lowest BCUT2D eigenvalue weighted by atomic mass is 9.98. The molecule has 132 valence electrons. The van der Waals surface area contributed by atoms with Gasteiger partial charge >= 0.3 is 5.97 Å². The van der Waals surface area contributed by atoms with Crippen LogP contribution in [0.25, 0.3) is 10.4 Å². The van der Waals surface area contributed by atoms with E-state index in [1.807, 2.05) is 6.07 Å². The van der Waals surface area contributed by atoms with Gasteiger partial charge in [0.1, 0.15) is 0 Å². The Hall–Kier alpha value is -2.44. The quantitative estimate of drug-likeness (QED) is 0.645. The van der Waals surface area contributed by atoms with E-state index in [4.69, 9.17) is 4.74 Å². The molecule has 0 unspecified atom stereocenters. The van der Waals surface area contributed by atoms with Crippen molar-refractivity contribution in [2.24, 2.45) is 0 Å². The number of hydrogen-bond donors (Lipinski definition) is 1. The topological polar surface area (TPSA) is 55.4 Å². The van der Waals surface area contributed by atoms with Crippen molar-refractivity contribution in [1.82, 2.24) is 0 Å². The molecule has 26 heavy (non-hydrogen) atoms. The van der Waals surface area contributed by atoms with E-state index in [1.165, 1.54) is 32.2 Å². The van der Waals surface area contributed by atoms with Gasteiger partial charge in [-0.1, -0.05) is 12.1 Å². The molecule has 1 aliphatic rings. The van der Waals surface area contributed by atoms with Crippen LogP contribution in [-0.4, -0.2) is 18.5 Å². The molecule has 1 N–H and O–H groups in total. The van der Waals surface area contributed by atoms with E-state index in [0.29, 0.717) is 22.7 Å². The average molecular weight is 383 g/mol. The number of esters is 1. The van der Waals surface area contributed by atoms with E-state index in [-0.39, 0.29) is 5.91 Å². The maximum Gasteiger partial charge on any atom is 0.340 e. The summed E-state index contributed by atoms with van der Waals surface area (Å²) in [5.41, 5.74) is 3.32. The molecule has 0 fully saturated rings. The van der Waals surface area contributed by atoms with Gasteiger partial charge in [-0.2, -0.15) is 0 Å². The minimum atomic E-state index is -0.434. The Balaban J connectivity index is 1.60. The van der Waals surface area contributed by atoms with Gasteiger partial charge in [-0.15, -0.1) is 22.7 Å². The molecule has 4 nitrogen and oxygen atoms in total. The number of anilines is 1. The summed E-state index contributed by atoms with van der Waals surface area (Å²) in [6.07, 6.45) is 2.00. The second kappa shape index (κ2) is 7.05. The number of carbonyl (C=O) groups excluding carboxylic acids is 2. The van der Waals surface area contributed by atoms with Gasteiger partial charge in [0.2, 0.25) is 0 Å². The Morgan fingerprint density at radius 2 is 2.04 bits per heavy atom. The van der Waals surface area contributed by atoms with E-state index in [9.17, 15) is 9.59 Å². The normalized spacial score (nSPS) is 12.2. The zero-order chi connectivity index (χ0) is 18.1. The molecule has 1 aliphatic carbocycles. The first-order valence-electron chi connectivity index (χ1n) is 8.44. The molecule has 0 radical (unpaired) electrons. The van der Waals surface area contributed by atoms with Crippen molar-refractivity contribution >= 4 is 40.2 Å². The monoisotopic (exact) mass is 383 g/mol. The number of amides is 1. The van der Waals surface area contributed by atoms with Crippen LogP contribution in [0.3, 0.4) is 0 Å². The fraction of sp³-hybridized carbons (Fsp3) is 0.200. The van der Waals surface area contributed by atoms with Gasteiger partial charge in [0.05, 0.1) is 22.7 Å². The number of fused-ring (bicyclic) bond motifs is 3. The average Bonchev–Trinajstić information content (AvgIpc) is 3.28. The lowest BCUT2D eigenvalue weighted by Crippen LogP contribution is -2.15. The predicted octanol–water partition coefficient (Wildman–Crippen LogP) is 5.00. The number of ether oxygens (including phenoxy) is 1. The molecule has 6 heteroatoms. The minimum Gasteiger partial charge on any atom is -0.462 e. The third kappa shape index (κ3) is 3.06. The molecule has 1 amide bonds. The first kappa shape index (κ1) is 17.0. The van der Waals surface area contributed by atoms with Gasteiger partial charge in [-0.05, 0) is 55.0 Å². The van der Waals surface area contributed by atoms with Gasteiger partial charge < -0.3 is 10.1 Å². The van der Waals surface area contributed by atoms with Crippen LogP contribution in [0.15, 0.2) is 41.8 Å². The van der Waals surface area contributed by atoms with Crippen LogP contribution in [0, 0.1) is 0 Å². The summed E-state index contributed by atoms with van der Waals surface area (Å²) in [4.78, 5) is 28.1. The Morgan fingerprint density at radius 3 is 2.88 bits per heavy atom. The van der Waals surface area contributed by atoms with Crippen LogP contribution in [0.4, 0.5) is 5.69 Å². The van der Waals surface area contributed by atoms with Crippen molar-refractivity contribution in [2.75, 3.05) is 11.9 Å². The number of carbonyl (C=O) groups is 2. The fourth-order valence-electron chi connectivity index (χ4n) is 3.10. The first-order chi connectivity index (χ1) is 12.7. The number of benzene rings is 1. The van der Waals surface area contributed by atoms with E-state index >= 15 is 0 Å². The van der Waals surface area contributed by atoms with Crippen LogP contribution < -0.4 is 5.32 Å². The summed E-state index contributed by atoms with van der Waals surface area (Å²) in [5, 5.41) is 4.97. The number of aryl methyl sites for hydroxylation is 2. The van der Waals surface area contributed by atoms with Gasteiger partial charge in [0, 0.05) is 15.3 Å². The van der Waals surface area contributed by atoms with Gasteiger partial charge in [0.25, 0.3) is 5.91 Å². The summed E-state index contributed by atoms with van der Waals surface area (Å²) in [7, 11) is 0. The number of para-hydroxylation sites is 1. The molecule has 4 rings (SSSR count). The van der Waals surface area contributed by atoms with Crippen LogP contribution in [0.1, 0.15) is 37.4 Å². The minimum absolute atomic E-state index is 0.196. The summed E-state index contributed by atoms with van der Waals surface area (Å²) >= 11 is 3.29. The molecule has 0 saturated heterocycles. The zero-order valence-electron chi connectivity index (χ0n) is 14.2. The molecule has 0 atom stereocenters. The highest BCUT2D eigenvalue weighted by Crippen LogP contribution is 2.41. The molecule has 0 bridgehead atoms. The van der Waals surface area contributed by atoms with Gasteiger partial charge in [0.15, 0.2) is 0 Å². The first-order valence-corrected chi connectivity index (χ1v) is 10.1. The highest BCUT2D eigenvalue weighted by Gasteiger charge is 2.23. The van der Waals surface area contributed by atoms with Crippen molar-refractivity contribution in [3.63, 3.8) is 0 Å². The third-order valence-corrected chi connectivity index (χ3v) is 6.50. The summed E-state index contributed by atoms with van der Waals surface area (Å²) in [6, 6.07) is 11.0. The molecular weight excluding hydrogens is 366 g/mol. The Bertz CT molecular complexity index is 987. The molecule has 2 aromatic heterocycles. The van der Waals surface area contributed by atoms with Crippen LogP contribution >= 0.6 is 22.7 Å². The van der Waals surface area contributed by atoms with Gasteiger partial charge in [-0.3, -0.25) is 4.79 Å². The SMILES string of the molecule is CCOC(=O)c1ccccc1NC(=O)c1cc2c(s1)-c1ccsc1CC2. The molecular formula is C20H17NO3S2. The highest BCUT2D eigenvalue weighted by molar-refractivity contribution is 7.18. The summed E-state index contributed by atoms with van der Waals surface area (Å²) in [5.74, 6) is -0.630. The van der Waals surface area contributed by atoms with E-state index in [0.717, 1.165) is 12.8 Å². The smallest absolute Gasteiger partial charge is 0.340 e. The number of nitrogens with one attached hydrogen (secondary N) is 1. The number of hydrogen-bond acceptors (Lipinski definition) is 5. The largest absolute Gasteiger partial charge is 0.462 e. The van der Waals surface area contributed by atoms with Crippen molar-refractivity contribution < 1.29 is 14.3 Å². The van der Waals surface area contributed by atoms with E-state index < -0.39 is 5.97 Å². The molecule has 0 aliphatic heterocycles. The maximum absolute atomic E-state index is 12.8. The third-order valence-electron chi connectivity index (χ3n) is 4.31. The lowest BCUT2D eigenvalue weighted by molar-refractivity contribution is 0.0527. The lowest BCUT2D eigenvalue weighted by Gasteiger charge is -2.10. The molecule has 0 saturated carbocycles. The van der Waals surface area contributed by atoms with Gasteiger partial charge in [-0.25, -0.2) is 4.79 Å². The van der Waals surface area contributed by atoms with E-state index in [1.54, 1.807) is 42.5 Å².